The molecule has 0 saturated carbocycles. The van der Waals surface area contributed by atoms with E-state index in [1.54, 1.807) is 12.1 Å². The summed E-state index contributed by atoms with van der Waals surface area (Å²) in [5.74, 6) is 0.412. The zero-order chi connectivity index (χ0) is 16.1. The van der Waals surface area contributed by atoms with E-state index in [2.05, 4.69) is 10.6 Å². The second-order valence-electron chi connectivity index (χ2n) is 4.59. The zero-order valence-corrected chi connectivity index (χ0v) is 12.9. The molecule has 0 aliphatic heterocycles. The topological polar surface area (TPSA) is 76.4 Å². The summed E-state index contributed by atoms with van der Waals surface area (Å²) in [6.07, 6.45) is 0. The van der Waals surface area contributed by atoms with Crippen LogP contribution in [0.15, 0.2) is 42.5 Å². The molecule has 0 bridgehead atoms. The molecule has 2 aromatic carbocycles. The molecule has 0 aromatic heterocycles. The molecule has 0 amide bonds. The van der Waals surface area contributed by atoms with Crippen molar-refractivity contribution in [3.8, 4) is 5.75 Å². The van der Waals surface area contributed by atoms with Crippen LogP contribution in [0.3, 0.4) is 0 Å². The largest absolute Gasteiger partial charge is 0.496 e. The number of hydrogen-bond acceptors (Lipinski definition) is 4. The number of benzene rings is 2. The first-order valence-corrected chi connectivity index (χ1v) is 6.87. The molecule has 0 heterocycles. The number of nitrogens with one attached hydrogen (secondary N) is 2. The van der Waals surface area contributed by atoms with Crippen LogP contribution in [0.4, 0.5) is 17.1 Å². The van der Waals surface area contributed by atoms with E-state index in [1.807, 2.05) is 31.2 Å². The van der Waals surface area contributed by atoms with Crippen LogP contribution >= 0.6 is 12.2 Å². The van der Waals surface area contributed by atoms with E-state index in [4.69, 9.17) is 17.0 Å². The van der Waals surface area contributed by atoms with Gasteiger partial charge in [0.2, 0.25) is 0 Å². The first-order valence-electron chi connectivity index (χ1n) is 6.46. The number of methoxy groups -OCH3 is 1. The van der Waals surface area contributed by atoms with Crippen LogP contribution in [0.5, 0.6) is 5.75 Å². The summed E-state index contributed by atoms with van der Waals surface area (Å²) >= 11 is 5.18. The van der Waals surface area contributed by atoms with E-state index in [-0.39, 0.29) is 10.8 Å². The summed E-state index contributed by atoms with van der Waals surface area (Å²) < 4.78 is 4.99. The molecule has 0 atom stereocenters. The summed E-state index contributed by atoms with van der Waals surface area (Å²) in [4.78, 5) is 10.6. The minimum absolute atomic E-state index is 0.104. The smallest absolute Gasteiger partial charge is 0.296 e. The van der Waals surface area contributed by atoms with Crippen LogP contribution in [0.1, 0.15) is 5.56 Å². The van der Waals surface area contributed by atoms with Gasteiger partial charge in [-0.15, -0.1) is 0 Å². The molecular formula is C15H15N3O3S. The van der Waals surface area contributed by atoms with Crippen molar-refractivity contribution >= 4 is 34.4 Å². The van der Waals surface area contributed by atoms with E-state index in [1.165, 1.54) is 13.2 Å². The Hall–Kier alpha value is -2.67. The first-order chi connectivity index (χ1) is 10.5. The second-order valence-corrected chi connectivity index (χ2v) is 4.99. The minimum atomic E-state index is -0.487. The maximum absolute atomic E-state index is 11.1. The molecule has 0 radical (unpaired) electrons. The average Bonchev–Trinajstić information content (AvgIpc) is 2.49. The van der Waals surface area contributed by atoms with Crippen LogP contribution in [-0.2, 0) is 0 Å². The summed E-state index contributed by atoms with van der Waals surface area (Å²) in [7, 11) is 1.45. The maximum atomic E-state index is 11.1. The summed E-state index contributed by atoms with van der Waals surface area (Å²) in [6, 6.07) is 12.2. The molecule has 0 spiro atoms. The Balaban J connectivity index is 2.14. The molecule has 6 nitrogen and oxygen atoms in total. The molecule has 0 saturated heterocycles. The SMILES string of the molecule is COc1ccc(NC(=S)Nc2ccc(C)cc2)c([N+](=O)[O-])c1. The summed E-state index contributed by atoms with van der Waals surface area (Å²) in [6.45, 7) is 1.99. The minimum Gasteiger partial charge on any atom is -0.496 e. The predicted octanol–water partition coefficient (Wildman–Crippen LogP) is 3.72. The number of aryl methyl sites for hydroxylation is 1. The monoisotopic (exact) mass is 317 g/mol. The van der Waals surface area contributed by atoms with E-state index < -0.39 is 4.92 Å². The van der Waals surface area contributed by atoms with Crippen LogP contribution < -0.4 is 15.4 Å². The third-order valence-electron chi connectivity index (χ3n) is 2.96. The predicted molar refractivity (Wildman–Crippen MR) is 90.7 cm³/mol. The Morgan fingerprint density at radius 1 is 1.18 bits per heavy atom. The van der Waals surface area contributed by atoms with Gasteiger partial charge < -0.3 is 15.4 Å². The van der Waals surface area contributed by atoms with Crippen LogP contribution in [0.2, 0.25) is 0 Å². The van der Waals surface area contributed by atoms with Gasteiger partial charge in [-0.25, -0.2) is 0 Å². The van der Waals surface area contributed by atoms with Gasteiger partial charge in [-0.05, 0) is 43.4 Å². The number of anilines is 2. The molecule has 0 aliphatic rings. The lowest BCUT2D eigenvalue weighted by Gasteiger charge is -2.11. The van der Waals surface area contributed by atoms with Gasteiger partial charge in [-0.2, -0.15) is 0 Å². The quantitative estimate of drug-likeness (QED) is 0.508. The molecule has 22 heavy (non-hydrogen) atoms. The van der Waals surface area contributed by atoms with Gasteiger partial charge in [-0.3, -0.25) is 10.1 Å². The number of nitro benzene ring substituents is 1. The number of ether oxygens (including phenoxy) is 1. The second kappa shape index (κ2) is 6.86. The Labute approximate surface area is 133 Å². The van der Waals surface area contributed by atoms with E-state index in [0.717, 1.165) is 11.3 Å². The van der Waals surface area contributed by atoms with Crippen LogP contribution in [-0.4, -0.2) is 17.1 Å². The first kappa shape index (κ1) is 15.7. The van der Waals surface area contributed by atoms with E-state index >= 15 is 0 Å². The van der Waals surface area contributed by atoms with Gasteiger partial charge in [0, 0.05) is 5.69 Å². The number of rotatable bonds is 4. The maximum Gasteiger partial charge on any atom is 0.296 e. The van der Waals surface area contributed by atoms with Crippen molar-refractivity contribution in [1.29, 1.82) is 0 Å². The Morgan fingerprint density at radius 3 is 2.45 bits per heavy atom. The van der Waals surface area contributed by atoms with Crippen molar-refractivity contribution in [2.45, 2.75) is 6.92 Å². The van der Waals surface area contributed by atoms with Crippen molar-refractivity contribution in [2.24, 2.45) is 0 Å². The fraction of sp³-hybridized carbons (Fsp3) is 0.133. The van der Waals surface area contributed by atoms with Crippen molar-refractivity contribution in [2.75, 3.05) is 17.7 Å². The fourth-order valence-corrected chi connectivity index (χ4v) is 2.04. The van der Waals surface area contributed by atoms with Crippen molar-refractivity contribution in [1.82, 2.24) is 0 Å². The number of hydrogen-bond donors (Lipinski definition) is 2. The molecule has 2 aromatic rings. The molecular weight excluding hydrogens is 302 g/mol. The van der Waals surface area contributed by atoms with E-state index in [0.29, 0.717) is 11.4 Å². The van der Waals surface area contributed by atoms with E-state index in [9.17, 15) is 10.1 Å². The lowest BCUT2D eigenvalue weighted by molar-refractivity contribution is -0.384. The Kier molecular flexibility index (Phi) is 4.90. The number of nitro groups is 1. The van der Waals surface area contributed by atoms with Gasteiger partial charge in [-0.1, -0.05) is 17.7 Å². The highest BCUT2D eigenvalue weighted by Crippen LogP contribution is 2.29. The molecule has 0 aliphatic carbocycles. The van der Waals surface area contributed by atoms with Crippen molar-refractivity contribution in [3.05, 3.63) is 58.1 Å². The lowest BCUT2D eigenvalue weighted by atomic mass is 10.2. The third-order valence-corrected chi connectivity index (χ3v) is 3.16. The number of nitrogens with zero attached hydrogens (tertiary/aromatic N) is 1. The average molecular weight is 317 g/mol. The van der Waals surface area contributed by atoms with Gasteiger partial charge in [0.05, 0.1) is 18.1 Å². The van der Waals surface area contributed by atoms with Gasteiger partial charge in [0.25, 0.3) is 5.69 Å². The normalized spacial score (nSPS) is 9.91. The van der Waals surface area contributed by atoms with Crippen LogP contribution in [0, 0.1) is 17.0 Å². The molecule has 0 unspecified atom stereocenters. The fourth-order valence-electron chi connectivity index (χ4n) is 1.82. The molecule has 7 heteroatoms. The molecule has 2 N–H and O–H groups in total. The Morgan fingerprint density at radius 2 is 1.86 bits per heavy atom. The van der Waals surface area contributed by atoms with Crippen LogP contribution in [0.25, 0.3) is 0 Å². The highest BCUT2D eigenvalue weighted by Gasteiger charge is 2.16. The summed E-state index contributed by atoms with van der Waals surface area (Å²) in [5.41, 5.74) is 2.14. The lowest BCUT2D eigenvalue weighted by Crippen LogP contribution is -2.19. The molecule has 2 rings (SSSR count). The van der Waals surface area contributed by atoms with Crippen molar-refractivity contribution < 1.29 is 9.66 Å². The van der Waals surface area contributed by atoms with Gasteiger partial charge in [0.15, 0.2) is 5.11 Å². The highest BCUT2D eigenvalue weighted by molar-refractivity contribution is 7.80. The van der Waals surface area contributed by atoms with Gasteiger partial charge >= 0.3 is 0 Å². The van der Waals surface area contributed by atoms with Crippen molar-refractivity contribution in [3.63, 3.8) is 0 Å². The summed E-state index contributed by atoms with van der Waals surface area (Å²) in [5, 5.41) is 17.2. The number of thiocarbonyl (C=S) groups is 1. The third kappa shape index (κ3) is 3.92. The molecule has 114 valence electrons. The standard InChI is InChI=1S/C15H15N3O3S/c1-10-3-5-11(6-4-10)16-15(22)17-13-8-7-12(21-2)9-14(13)18(19)20/h3-9H,1-2H3,(H2,16,17,22). The molecule has 0 fully saturated rings. The Bertz CT molecular complexity index is 702. The zero-order valence-electron chi connectivity index (χ0n) is 12.1. The van der Waals surface area contributed by atoms with Gasteiger partial charge in [0.1, 0.15) is 11.4 Å². The highest BCUT2D eigenvalue weighted by atomic mass is 32.1.